The minimum Gasteiger partial charge on any atom is -0.461 e. The van der Waals surface area contributed by atoms with Crippen LogP contribution in [0.1, 0.15) is 18.5 Å². The second-order valence-corrected chi connectivity index (χ2v) is 7.54. The van der Waals surface area contributed by atoms with E-state index in [4.69, 9.17) is 13.7 Å². The van der Waals surface area contributed by atoms with Crippen LogP contribution in [0.25, 0.3) is 11.5 Å². The number of furan rings is 1. The van der Waals surface area contributed by atoms with Gasteiger partial charge < -0.3 is 19.0 Å². The largest absolute Gasteiger partial charge is 0.461 e. The second-order valence-electron chi connectivity index (χ2n) is 5.34. The number of thioether (sulfide) groups is 1. The van der Waals surface area contributed by atoms with E-state index < -0.39 is 0 Å². The zero-order valence-corrected chi connectivity index (χ0v) is 14.4. The van der Waals surface area contributed by atoms with E-state index in [1.807, 2.05) is 18.2 Å². The quantitative estimate of drug-likeness (QED) is 0.636. The number of hydrogen-bond donors (Lipinski definition) is 1. The van der Waals surface area contributed by atoms with Gasteiger partial charge in [-0.25, -0.2) is 0 Å². The van der Waals surface area contributed by atoms with E-state index in [1.54, 1.807) is 18.0 Å². The van der Waals surface area contributed by atoms with E-state index in [0.29, 0.717) is 23.4 Å². The van der Waals surface area contributed by atoms with E-state index in [9.17, 15) is 0 Å². The summed E-state index contributed by atoms with van der Waals surface area (Å²) >= 11 is 3.12. The molecule has 7 nitrogen and oxygen atoms in total. The van der Waals surface area contributed by atoms with E-state index in [1.165, 1.54) is 11.3 Å². The summed E-state index contributed by atoms with van der Waals surface area (Å²) in [4.78, 5) is 0. The third kappa shape index (κ3) is 3.80. The van der Waals surface area contributed by atoms with Crippen molar-refractivity contribution in [3.05, 3.63) is 30.2 Å². The van der Waals surface area contributed by atoms with E-state index in [2.05, 4.69) is 20.7 Å². The molecule has 1 atom stereocenters. The van der Waals surface area contributed by atoms with Gasteiger partial charge in [-0.15, -0.1) is 10.2 Å². The van der Waals surface area contributed by atoms with Crippen LogP contribution < -0.4 is 5.32 Å². The molecule has 0 saturated carbocycles. The Labute approximate surface area is 146 Å². The highest BCUT2D eigenvalue weighted by atomic mass is 32.2. The number of rotatable bonds is 7. The molecule has 1 fully saturated rings. The molecule has 3 aromatic heterocycles. The lowest BCUT2D eigenvalue weighted by molar-refractivity contribution is 0.120. The fourth-order valence-corrected chi connectivity index (χ4v) is 4.04. The van der Waals surface area contributed by atoms with Crippen LogP contribution in [0.3, 0.4) is 0 Å². The molecule has 3 aromatic rings. The molecule has 4 heterocycles. The third-order valence-electron chi connectivity index (χ3n) is 3.58. The maximum Gasteiger partial charge on any atom is 0.206 e. The van der Waals surface area contributed by atoms with Crippen LogP contribution in [0.2, 0.25) is 0 Å². The highest BCUT2D eigenvalue weighted by Gasteiger charge is 2.16. The summed E-state index contributed by atoms with van der Waals surface area (Å²) in [6, 6.07) is 5.54. The van der Waals surface area contributed by atoms with Gasteiger partial charge in [-0.3, -0.25) is 0 Å². The topological polar surface area (TPSA) is 86.2 Å². The molecule has 24 heavy (non-hydrogen) atoms. The maximum atomic E-state index is 5.58. The first kappa shape index (κ1) is 15.7. The molecule has 1 aliphatic rings. The highest BCUT2D eigenvalue weighted by molar-refractivity contribution is 8.00. The lowest BCUT2D eigenvalue weighted by atomic mass is 10.2. The van der Waals surface area contributed by atoms with Crippen LogP contribution in [-0.2, 0) is 10.5 Å². The van der Waals surface area contributed by atoms with Crippen LogP contribution in [0.4, 0.5) is 5.13 Å². The molecule has 9 heteroatoms. The van der Waals surface area contributed by atoms with Gasteiger partial charge in [-0.05, 0) is 25.0 Å². The zero-order valence-electron chi connectivity index (χ0n) is 12.8. The number of aromatic nitrogens is 3. The molecule has 0 amide bonds. The Bertz CT molecular complexity index is 765. The molecule has 1 aliphatic heterocycles. The number of hydrogen-bond acceptors (Lipinski definition) is 9. The first-order valence-electron chi connectivity index (χ1n) is 7.68. The molecule has 0 aliphatic carbocycles. The van der Waals surface area contributed by atoms with Crippen molar-refractivity contribution in [2.45, 2.75) is 29.0 Å². The molecule has 0 spiro atoms. The van der Waals surface area contributed by atoms with Gasteiger partial charge in [0.15, 0.2) is 10.1 Å². The SMILES string of the molecule is c1coc(-c2cc(CSc3nnc(NC[C@H]4CCCO4)s3)no2)c1. The number of nitrogens with one attached hydrogen (secondary N) is 1. The van der Waals surface area contributed by atoms with Crippen molar-refractivity contribution in [1.82, 2.24) is 15.4 Å². The predicted octanol–water partition coefficient (Wildman–Crippen LogP) is 3.67. The summed E-state index contributed by atoms with van der Waals surface area (Å²) < 4.78 is 17.0. The molecule has 4 rings (SSSR count). The average molecular weight is 364 g/mol. The van der Waals surface area contributed by atoms with Crippen molar-refractivity contribution in [3.63, 3.8) is 0 Å². The Kier molecular flexibility index (Phi) is 4.81. The second kappa shape index (κ2) is 7.37. The minimum absolute atomic E-state index is 0.292. The van der Waals surface area contributed by atoms with Crippen LogP contribution in [0.5, 0.6) is 0 Å². The van der Waals surface area contributed by atoms with Gasteiger partial charge in [0, 0.05) is 25.0 Å². The van der Waals surface area contributed by atoms with Crippen molar-refractivity contribution in [2.24, 2.45) is 0 Å². The Morgan fingerprint density at radius 2 is 2.33 bits per heavy atom. The van der Waals surface area contributed by atoms with E-state index in [-0.39, 0.29) is 0 Å². The van der Waals surface area contributed by atoms with Crippen LogP contribution in [0, 0.1) is 0 Å². The summed E-state index contributed by atoms with van der Waals surface area (Å²) in [5.74, 6) is 1.98. The van der Waals surface area contributed by atoms with Gasteiger partial charge >= 0.3 is 0 Å². The Hall–Kier alpha value is -1.84. The van der Waals surface area contributed by atoms with Crippen molar-refractivity contribution in [1.29, 1.82) is 0 Å². The molecule has 0 radical (unpaired) electrons. The van der Waals surface area contributed by atoms with Crippen LogP contribution >= 0.6 is 23.1 Å². The van der Waals surface area contributed by atoms with Gasteiger partial charge in [0.2, 0.25) is 10.9 Å². The van der Waals surface area contributed by atoms with Crippen molar-refractivity contribution in [3.8, 4) is 11.5 Å². The smallest absolute Gasteiger partial charge is 0.206 e. The standard InChI is InChI=1S/C15H16N4O3S2/c1-3-11(20-5-1)8-16-14-17-18-15(24-14)23-9-10-7-13(22-19-10)12-4-2-6-21-12/h2,4,6-7,11H,1,3,5,8-9H2,(H,16,17)/t11-/m1/s1. The van der Waals surface area contributed by atoms with Crippen molar-refractivity contribution in [2.75, 3.05) is 18.5 Å². The van der Waals surface area contributed by atoms with E-state index in [0.717, 1.165) is 41.2 Å². The molecular formula is C15H16N4O3S2. The molecule has 1 N–H and O–H groups in total. The Balaban J connectivity index is 1.28. The van der Waals surface area contributed by atoms with Crippen LogP contribution in [0.15, 0.2) is 37.7 Å². The Morgan fingerprint density at radius 1 is 1.33 bits per heavy atom. The number of nitrogens with zero attached hydrogens (tertiary/aromatic N) is 3. The van der Waals surface area contributed by atoms with Gasteiger partial charge in [0.1, 0.15) is 0 Å². The normalized spacial score (nSPS) is 17.4. The zero-order chi connectivity index (χ0) is 16.2. The van der Waals surface area contributed by atoms with Gasteiger partial charge in [-0.2, -0.15) is 0 Å². The van der Waals surface area contributed by atoms with Gasteiger partial charge in [-0.1, -0.05) is 28.3 Å². The summed E-state index contributed by atoms with van der Waals surface area (Å²) in [6.45, 7) is 1.65. The third-order valence-corrected chi connectivity index (χ3v) is 5.63. The minimum atomic E-state index is 0.292. The van der Waals surface area contributed by atoms with E-state index >= 15 is 0 Å². The predicted molar refractivity (Wildman–Crippen MR) is 91.1 cm³/mol. The average Bonchev–Trinajstić information content (AvgIpc) is 3.40. The summed E-state index contributed by atoms with van der Waals surface area (Å²) in [7, 11) is 0. The van der Waals surface area contributed by atoms with Crippen LogP contribution in [-0.4, -0.2) is 34.6 Å². The first-order chi connectivity index (χ1) is 11.9. The monoisotopic (exact) mass is 364 g/mol. The summed E-state index contributed by atoms with van der Waals surface area (Å²) in [5.41, 5.74) is 0.843. The van der Waals surface area contributed by atoms with Gasteiger partial charge in [0.05, 0.1) is 18.1 Å². The molecule has 0 aromatic carbocycles. The van der Waals surface area contributed by atoms with Crippen molar-refractivity contribution >= 4 is 28.2 Å². The molecule has 0 unspecified atom stereocenters. The molecule has 126 valence electrons. The fourth-order valence-electron chi connectivity index (χ4n) is 2.40. The molecule has 1 saturated heterocycles. The summed E-state index contributed by atoms with van der Waals surface area (Å²) in [5, 5.41) is 16.5. The fraction of sp³-hybridized carbons (Fsp3) is 0.400. The lowest BCUT2D eigenvalue weighted by Gasteiger charge is -2.08. The summed E-state index contributed by atoms with van der Waals surface area (Å²) in [6.07, 6.45) is 4.15. The Morgan fingerprint density at radius 3 is 3.17 bits per heavy atom. The lowest BCUT2D eigenvalue weighted by Crippen LogP contribution is -2.18. The highest BCUT2D eigenvalue weighted by Crippen LogP contribution is 2.29. The molecular weight excluding hydrogens is 348 g/mol. The molecule has 0 bridgehead atoms. The number of anilines is 1. The maximum absolute atomic E-state index is 5.58. The van der Waals surface area contributed by atoms with Crippen molar-refractivity contribution < 1.29 is 13.7 Å². The number of ether oxygens (including phenoxy) is 1. The first-order valence-corrected chi connectivity index (χ1v) is 9.48. The van der Waals surface area contributed by atoms with Gasteiger partial charge in [0.25, 0.3) is 0 Å².